The van der Waals surface area contributed by atoms with Gasteiger partial charge in [0.25, 0.3) is 0 Å². The van der Waals surface area contributed by atoms with Crippen LogP contribution in [-0.2, 0) is 21.2 Å². The van der Waals surface area contributed by atoms with Crippen molar-refractivity contribution in [1.29, 1.82) is 0 Å². The van der Waals surface area contributed by atoms with Gasteiger partial charge in [-0.2, -0.15) is 4.31 Å². The van der Waals surface area contributed by atoms with Crippen LogP contribution in [0.4, 0.5) is 0 Å². The van der Waals surface area contributed by atoms with Crippen LogP contribution in [0.1, 0.15) is 31.7 Å². The minimum Gasteiger partial charge on any atom is -0.346 e. The Labute approximate surface area is 156 Å². The largest absolute Gasteiger partial charge is 0.346 e. The Balaban J connectivity index is 1.85. The lowest BCUT2D eigenvalue weighted by atomic mass is 9.87. The van der Waals surface area contributed by atoms with Gasteiger partial charge in [0.15, 0.2) is 0 Å². The molecule has 0 N–H and O–H groups in total. The standard InChI is InChI=1S/C19H29N3O3S/c1-4-16-5-7-17(8-6-16)26(24,25)22-14-13-21(3)19(15-22)10-9-18(23)20(2)12-11-19/h5-8H,4,9-15H2,1-3H3/t19-/m1/s1. The van der Waals surface area contributed by atoms with E-state index in [1.54, 1.807) is 21.3 Å². The molecule has 3 rings (SSSR count). The summed E-state index contributed by atoms with van der Waals surface area (Å²) in [5.41, 5.74) is 0.860. The number of piperazine rings is 1. The van der Waals surface area contributed by atoms with Gasteiger partial charge in [0, 0.05) is 45.2 Å². The summed E-state index contributed by atoms with van der Waals surface area (Å²) < 4.78 is 27.9. The molecule has 2 aliphatic heterocycles. The van der Waals surface area contributed by atoms with Gasteiger partial charge in [-0.3, -0.25) is 9.69 Å². The molecule has 0 unspecified atom stereocenters. The lowest BCUT2D eigenvalue weighted by Crippen LogP contribution is -2.62. The van der Waals surface area contributed by atoms with Gasteiger partial charge in [-0.15, -0.1) is 0 Å². The van der Waals surface area contributed by atoms with Crippen LogP contribution < -0.4 is 0 Å². The molecule has 2 heterocycles. The highest BCUT2D eigenvalue weighted by molar-refractivity contribution is 7.89. The van der Waals surface area contributed by atoms with Crippen LogP contribution in [-0.4, -0.2) is 74.2 Å². The summed E-state index contributed by atoms with van der Waals surface area (Å²) in [6.07, 6.45) is 2.86. The Morgan fingerprint density at radius 2 is 1.73 bits per heavy atom. The fourth-order valence-corrected chi connectivity index (χ4v) is 5.48. The number of sulfonamides is 1. The minimum atomic E-state index is -3.52. The third kappa shape index (κ3) is 3.52. The van der Waals surface area contributed by atoms with E-state index >= 15 is 0 Å². The smallest absolute Gasteiger partial charge is 0.243 e. The molecule has 1 atom stereocenters. The number of benzene rings is 1. The number of aryl methyl sites for hydroxylation is 1. The molecule has 0 radical (unpaired) electrons. The van der Waals surface area contributed by atoms with Crippen LogP contribution in [0.25, 0.3) is 0 Å². The second-order valence-corrected chi connectivity index (χ2v) is 9.49. The maximum atomic E-state index is 13.2. The first-order valence-corrected chi connectivity index (χ1v) is 10.8. The maximum Gasteiger partial charge on any atom is 0.243 e. The van der Waals surface area contributed by atoms with Crippen molar-refractivity contribution in [2.24, 2.45) is 0 Å². The molecule has 0 aliphatic carbocycles. The van der Waals surface area contributed by atoms with E-state index in [1.165, 1.54) is 0 Å². The molecular formula is C19H29N3O3S. The molecule has 1 amide bonds. The summed E-state index contributed by atoms with van der Waals surface area (Å²) in [6, 6.07) is 7.20. The summed E-state index contributed by atoms with van der Waals surface area (Å²) in [5, 5.41) is 0. The van der Waals surface area contributed by atoms with E-state index in [0.29, 0.717) is 43.9 Å². The van der Waals surface area contributed by atoms with Crippen molar-refractivity contribution in [3.05, 3.63) is 29.8 Å². The summed E-state index contributed by atoms with van der Waals surface area (Å²) in [4.78, 5) is 16.5. The highest BCUT2D eigenvalue weighted by atomic mass is 32.2. The van der Waals surface area contributed by atoms with Crippen molar-refractivity contribution < 1.29 is 13.2 Å². The van der Waals surface area contributed by atoms with Gasteiger partial charge in [-0.05, 0) is 44.0 Å². The molecule has 2 aliphatic rings. The van der Waals surface area contributed by atoms with Crippen molar-refractivity contribution in [2.75, 3.05) is 40.3 Å². The molecule has 0 saturated carbocycles. The number of hydrogen-bond donors (Lipinski definition) is 0. The first-order valence-electron chi connectivity index (χ1n) is 9.33. The van der Waals surface area contributed by atoms with E-state index in [1.807, 2.05) is 19.2 Å². The van der Waals surface area contributed by atoms with E-state index in [4.69, 9.17) is 0 Å². The Kier molecular flexibility index (Phi) is 5.42. The van der Waals surface area contributed by atoms with Crippen LogP contribution in [0.2, 0.25) is 0 Å². The summed E-state index contributed by atoms with van der Waals surface area (Å²) in [5.74, 6) is 0.144. The number of rotatable bonds is 3. The normalized spacial score (nSPS) is 26.3. The van der Waals surface area contributed by atoms with E-state index in [2.05, 4.69) is 18.9 Å². The summed E-state index contributed by atoms with van der Waals surface area (Å²) in [6.45, 7) is 4.34. The van der Waals surface area contributed by atoms with Crippen LogP contribution in [0.15, 0.2) is 29.2 Å². The monoisotopic (exact) mass is 379 g/mol. The molecule has 0 bridgehead atoms. The molecule has 1 aromatic carbocycles. The summed E-state index contributed by atoms with van der Waals surface area (Å²) in [7, 11) is 0.362. The first kappa shape index (κ1) is 19.3. The van der Waals surface area contributed by atoms with E-state index in [-0.39, 0.29) is 11.4 Å². The molecule has 7 heteroatoms. The van der Waals surface area contributed by atoms with Gasteiger partial charge in [0.05, 0.1) is 4.90 Å². The molecule has 2 saturated heterocycles. The molecule has 6 nitrogen and oxygen atoms in total. The van der Waals surface area contributed by atoms with Gasteiger partial charge < -0.3 is 4.90 Å². The Morgan fingerprint density at radius 1 is 1.04 bits per heavy atom. The molecule has 144 valence electrons. The predicted octanol–water partition coefficient (Wildman–Crippen LogP) is 1.57. The summed E-state index contributed by atoms with van der Waals surface area (Å²) >= 11 is 0. The highest BCUT2D eigenvalue weighted by Crippen LogP contribution is 2.34. The van der Waals surface area contributed by atoms with Crippen LogP contribution in [0, 0.1) is 0 Å². The van der Waals surface area contributed by atoms with Gasteiger partial charge in [0.1, 0.15) is 0 Å². The number of carbonyl (C=O) groups is 1. The topological polar surface area (TPSA) is 60.9 Å². The number of likely N-dealkylation sites (tertiary alicyclic amines) is 1. The molecule has 2 fully saturated rings. The minimum absolute atomic E-state index is 0.144. The number of likely N-dealkylation sites (N-methyl/N-ethyl adjacent to an activating group) is 1. The third-order valence-electron chi connectivity index (χ3n) is 6.08. The predicted molar refractivity (Wildman–Crippen MR) is 101 cm³/mol. The number of hydrogen-bond acceptors (Lipinski definition) is 4. The SMILES string of the molecule is CCc1ccc(S(=O)(=O)N2CCN(C)[C@@]3(CCC(=O)N(C)CC3)C2)cc1. The second kappa shape index (κ2) is 7.29. The van der Waals surface area contributed by atoms with Crippen LogP contribution >= 0.6 is 0 Å². The van der Waals surface area contributed by atoms with Crippen molar-refractivity contribution >= 4 is 15.9 Å². The Hall–Kier alpha value is -1.44. The lowest BCUT2D eigenvalue weighted by Gasteiger charge is -2.48. The van der Waals surface area contributed by atoms with Crippen molar-refractivity contribution in [3.8, 4) is 0 Å². The number of carbonyl (C=O) groups excluding carboxylic acids is 1. The maximum absolute atomic E-state index is 13.2. The average molecular weight is 380 g/mol. The molecule has 1 spiro atoms. The molecule has 26 heavy (non-hydrogen) atoms. The Morgan fingerprint density at radius 3 is 2.38 bits per heavy atom. The second-order valence-electron chi connectivity index (χ2n) is 7.55. The molecular weight excluding hydrogens is 350 g/mol. The fraction of sp³-hybridized carbons (Fsp3) is 0.632. The van der Waals surface area contributed by atoms with Gasteiger partial charge in [-0.1, -0.05) is 19.1 Å². The number of amides is 1. The zero-order valence-corrected chi connectivity index (χ0v) is 16.8. The fourth-order valence-electron chi connectivity index (χ4n) is 3.97. The van der Waals surface area contributed by atoms with Crippen LogP contribution in [0.3, 0.4) is 0 Å². The van der Waals surface area contributed by atoms with E-state index < -0.39 is 10.0 Å². The molecule has 0 aromatic heterocycles. The lowest BCUT2D eigenvalue weighted by molar-refractivity contribution is -0.129. The molecule has 1 aromatic rings. The van der Waals surface area contributed by atoms with Gasteiger partial charge in [-0.25, -0.2) is 8.42 Å². The van der Waals surface area contributed by atoms with Crippen molar-refractivity contribution in [1.82, 2.24) is 14.1 Å². The Bertz CT molecular complexity index is 763. The average Bonchev–Trinajstić information content (AvgIpc) is 2.78. The van der Waals surface area contributed by atoms with E-state index in [0.717, 1.165) is 18.4 Å². The van der Waals surface area contributed by atoms with Crippen LogP contribution in [0.5, 0.6) is 0 Å². The van der Waals surface area contributed by atoms with E-state index in [9.17, 15) is 13.2 Å². The van der Waals surface area contributed by atoms with Crippen molar-refractivity contribution in [3.63, 3.8) is 0 Å². The third-order valence-corrected chi connectivity index (χ3v) is 7.94. The zero-order valence-electron chi connectivity index (χ0n) is 15.9. The zero-order chi connectivity index (χ0) is 18.9. The number of nitrogens with zero attached hydrogens (tertiary/aromatic N) is 3. The van der Waals surface area contributed by atoms with Gasteiger partial charge in [0.2, 0.25) is 15.9 Å². The quantitative estimate of drug-likeness (QED) is 0.800. The first-order chi connectivity index (χ1) is 12.3. The highest BCUT2D eigenvalue weighted by Gasteiger charge is 2.44. The van der Waals surface area contributed by atoms with Crippen molar-refractivity contribution in [2.45, 2.75) is 43.0 Å². The van der Waals surface area contributed by atoms with Gasteiger partial charge >= 0.3 is 0 Å².